The van der Waals surface area contributed by atoms with Crippen LogP contribution in [0.15, 0.2) is 48.6 Å². The van der Waals surface area contributed by atoms with E-state index >= 15 is 0 Å². The first-order chi connectivity index (χ1) is 45.5. The highest BCUT2D eigenvalue weighted by molar-refractivity contribution is 5.76. The van der Waals surface area contributed by atoms with E-state index in [0.29, 0.717) is 25.9 Å². The Morgan fingerprint density at radius 3 is 0.848 bits per heavy atom. The third-order valence-electron chi connectivity index (χ3n) is 19.6. The molecule has 0 aromatic carbocycles. The number of ether oxygens (including phenoxy) is 1. The number of allylic oxidation sites excluding steroid dienone is 8. The Morgan fingerprint density at radius 1 is 0.304 bits per heavy atom. The van der Waals surface area contributed by atoms with Gasteiger partial charge in [-0.2, -0.15) is 0 Å². The summed E-state index contributed by atoms with van der Waals surface area (Å²) in [6, 6.07) is -0.542. The zero-order valence-corrected chi connectivity index (χ0v) is 62.3. The smallest absolute Gasteiger partial charge is 0.305 e. The molecule has 2 atom stereocenters. The molecule has 542 valence electrons. The zero-order chi connectivity index (χ0) is 66.3. The van der Waals surface area contributed by atoms with Crippen molar-refractivity contribution in [3.8, 4) is 0 Å². The van der Waals surface area contributed by atoms with Gasteiger partial charge in [0.05, 0.1) is 25.4 Å². The summed E-state index contributed by atoms with van der Waals surface area (Å²) < 4.78 is 5.50. The molecule has 0 heterocycles. The molecule has 6 nitrogen and oxygen atoms in total. The topological polar surface area (TPSA) is 95.9 Å². The van der Waals surface area contributed by atoms with E-state index in [4.69, 9.17) is 4.74 Å². The molecule has 0 aliphatic rings. The van der Waals surface area contributed by atoms with Crippen molar-refractivity contribution < 1.29 is 24.5 Å². The van der Waals surface area contributed by atoms with Crippen LogP contribution in [0.4, 0.5) is 0 Å². The van der Waals surface area contributed by atoms with Crippen LogP contribution in [0.2, 0.25) is 0 Å². The number of amides is 1. The van der Waals surface area contributed by atoms with E-state index in [1.807, 2.05) is 0 Å². The highest BCUT2D eigenvalue weighted by atomic mass is 16.5. The third-order valence-corrected chi connectivity index (χ3v) is 19.6. The third kappa shape index (κ3) is 76.8. The average Bonchev–Trinajstić information content (AvgIpc) is 3.61. The molecule has 0 aromatic rings. The van der Waals surface area contributed by atoms with Crippen molar-refractivity contribution in [3.63, 3.8) is 0 Å². The van der Waals surface area contributed by atoms with E-state index in [-0.39, 0.29) is 18.5 Å². The van der Waals surface area contributed by atoms with Gasteiger partial charge in [-0.3, -0.25) is 9.59 Å². The number of unbranched alkanes of at least 4 members (excludes halogenated alkanes) is 60. The van der Waals surface area contributed by atoms with Gasteiger partial charge in [0.2, 0.25) is 5.91 Å². The van der Waals surface area contributed by atoms with Crippen LogP contribution in [0.25, 0.3) is 0 Å². The summed E-state index contributed by atoms with van der Waals surface area (Å²) in [6.45, 7) is 4.97. The lowest BCUT2D eigenvalue weighted by atomic mass is 10.0. The maximum Gasteiger partial charge on any atom is 0.305 e. The Kier molecular flexibility index (Phi) is 79.3. The summed E-state index contributed by atoms with van der Waals surface area (Å²) in [7, 11) is 0. The molecule has 0 fully saturated rings. The van der Waals surface area contributed by atoms with Gasteiger partial charge in [-0.25, -0.2) is 0 Å². The Hall–Kier alpha value is -2.18. The molecule has 0 aliphatic heterocycles. The van der Waals surface area contributed by atoms with Crippen molar-refractivity contribution in [1.82, 2.24) is 5.32 Å². The quantitative estimate of drug-likeness (QED) is 0.0320. The van der Waals surface area contributed by atoms with E-state index in [0.717, 1.165) is 57.8 Å². The highest BCUT2D eigenvalue weighted by Crippen LogP contribution is 2.20. The fourth-order valence-corrected chi connectivity index (χ4v) is 13.2. The van der Waals surface area contributed by atoms with Gasteiger partial charge in [-0.1, -0.05) is 409 Å². The van der Waals surface area contributed by atoms with Crippen molar-refractivity contribution in [2.75, 3.05) is 13.2 Å². The molecule has 3 N–H and O–H groups in total. The number of rotatable bonds is 79. The molecule has 0 rings (SSSR count). The Labute approximate surface area is 576 Å². The van der Waals surface area contributed by atoms with Crippen LogP contribution in [0.5, 0.6) is 0 Å². The van der Waals surface area contributed by atoms with Gasteiger partial charge in [-0.05, 0) is 89.9 Å². The van der Waals surface area contributed by atoms with Crippen LogP contribution in [0, 0.1) is 0 Å². The van der Waals surface area contributed by atoms with E-state index in [1.165, 1.54) is 372 Å². The number of carbonyl (C=O) groups excluding carboxylic acids is 2. The molecule has 6 heteroatoms. The number of aliphatic hydroxyl groups is 2. The minimum atomic E-state index is -0.665. The van der Waals surface area contributed by atoms with Gasteiger partial charge in [-0.15, -0.1) is 0 Å². The standard InChI is InChI=1S/C86H163NO5/c1-3-5-7-9-11-13-15-17-19-21-22-23-24-34-37-40-43-47-50-54-58-62-66-70-74-78-84(89)83(82-88)87-85(90)79-75-71-67-63-59-55-51-48-44-41-38-35-32-30-28-26-25-27-29-31-33-36-39-42-45-49-53-57-61-65-69-73-77-81-92-86(91)80-76-72-68-64-60-56-52-46-20-18-16-14-12-10-8-6-4-2/h12,14,18,20,29,31,36,39,83-84,88-89H,3-11,13,15-17,19,21-28,30,32-35,37-38,40-82H2,1-2H3,(H,87,90)/b14-12-,20-18-,31-29-,39-36-. The Bertz CT molecular complexity index is 1540. The second kappa shape index (κ2) is 81.2. The van der Waals surface area contributed by atoms with Crippen molar-refractivity contribution in [1.29, 1.82) is 0 Å². The van der Waals surface area contributed by atoms with E-state index in [9.17, 15) is 19.8 Å². The van der Waals surface area contributed by atoms with Gasteiger partial charge in [0, 0.05) is 12.8 Å². The Balaban J connectivity index is 3.38. The minimum absolute atomic E-state index is 0.00708. The molecule has 0 saturated heterocycles. The van der Waals surface area contributed by atoms with Crippen LogP contribution >= 0.6 is 0 Å². The van der Waals surface area contributed by atoms with Gasteiger partial charge < -0.3 is 20.3 Å². The normalized spacial score (nSPS) is 12.7. The maximum absolute atomic E-state index is 12.6. The van der Waals surface area contributed by atoms with E-state index in [1.54, 1.807) is 0 Å². The first-order valence-electron chi connectivity index (χ1n) is 41.9. The molecular weight excluding hydrogens is 1130 g/mol. The summed E-state index contributed by atoms with van der Waals surface area (Å²) >= 11 is 0. The number of esters is 1. The van der Waals surface area contributed by atoms with Crippen molar-refractivity contribution >= 4 is 11.9 Å². The lowest BCUT2D eigenvalue weighted by molar-refractivity contribution is -0.143. The van der Waals surface area contributed by atoms with Gasteiger partial charge in [0.15, 0.2) is 0 Å². The van der Waals surface area contributed by atoms with Crippen molar-refractivity contribution in [3.05, 3.63) is 48.6 Å². The summed E-state index contributed by atoms with van der Waals surface area (Å²) in [6.07, 6.45) is 108. The van der Waals surface area contributed by atoms with Crippen molar-refractivity contribution in [2.24, 2.45) is 0 Å². The van der Waals surface area contributed by atoms with E-state index in [2.05, 4.69) is 67.8 Å². The fraction of sp³-hybridized carbons (Fsp3) is 0.884. The lowest BCUT2D eigenvalue weighted by Crippen LogP contribution is -2.45. The molecule has 0 aromatic heterocycles. The molecule has 0 bridgehead atoms. The Morgan fingerprint density at radius 2 is 0.543 bits per heavy atom. The summed E-state index contributed by atoms with van der Waals surface area (Å²) in [5.41, 5.74) is 0. The number of hydrogen-bond donors (Lipinski definition) is 3. The second-order valence-corrected chi connectivity index (χ2v) is 28.8. The minimum Gasteiger partial charge on any atom is -0.466 e. The second-order valence-electron chi connectivity index (χ2n) is 28.8. The fourth-order valence-electron chi connectivity index (χ4n) is 13.2. The molecule has 0 aliphatic carbocycles. The summed E-state index contributed by atoms with van der Waals surface area (Å²) in [4.78, 5) is 24.7. The van der Waals surface area contributed by atoms with Crippen LogP contribution in [0.3, 0.4) is 0 Å². The first kappa shape index (κ1) is 89.8. The van der Waals surface area contributed by atoms with Gasteiger partial charge >= 0.3 is 5.97 Å². The predicted molar refractivity (Wildman–Crippen MR) is 407 cm³/mol. The summed E-state index contributed by atoms with van der Waals surface area (Å²) in [5.74, 6) is -0.0205. The average molecular weight is 1290 g/mol. The number of aliphatic hydroxyl groups excluding tert-OH is 2. The van der Waals surface area contributed by atoms with Crippen LogP contribution < -0.4 is 5.32 Å². The van der Waals surface area contributed by atoms with Crippen LogP contribution in [-0.4, -0.2) is 47.4 Å². The van der Waals surface area contributed by atoms with E-state index < -0.39 is 12.1 Å². The first-order valence-corrected chi connectivity index (χ1v) is 41.9. The predicted octanol–water partition coefficient (Wildman–Crippen LogP) is 27.9. The number of nitrogens with one attached hydrogen (secondary N) is 1. The molecular formula is C86H163NO5. The molecule has 92 heavy (non-hydrogen) atoms. The maximum atomic E-state index is 12.6. The van der Waals surface area contributed by atoms with Gasteiger partial charge in [0.25, 0.3) is 0 Å². The monoisotopic (exact) mass is 1290 g/mol. The van der Waals surface area contributed by atoms with Gasteiger partial charge in [0.1, 0.15) is 0 Å². The van der Waals surface area contributed by atoms with Crippen LogP contribution in [-0.2, 0) is 14.3 Å². The molecule has 0 spiro atoms. The van der Waals surface area contributed by atoms with Crippen molar-refractivity contribution in [2.45, 2.75) is 475 Å². The molecule has 0 radical (unpaired) electrons. The zero-order valence-electron chi connectivity index (χ0n) is 62.3. The summed E-state index contributed by atoms with van der Waals surface area (Å²) in [5, 5.41) is 23.5. The number of hydrogen-bond acceptors (Lipinski definition) is 5. The molecule has 0 saturated carbocycles. The molecule has 1 amide bonds. The largest absolute Gasteiger partial charge is 0.466 e. The lowest BCUT2D eigenvalue weighted by Gasteiger charge is -2.22. The van der Waals surface area contributed by atoms with Crippen LogP contribution in [0.1, 0.15) is 463 Å². The number of carbonyl (C=O) groups is 2. The SMILES string of the molecule is CCCCC/C=C\C/C=C\CCCCCCCCCC(=O)OCCCCCCCCCCC/C=C\C/C=C\CCCCCCCCCCCCCCCCCCCC(=O)NC(CO)C(O)CCCCCCCCCCCCCCCCCCCCCCCCCCC. The molecule has 2 unspecified atom stereocenters. The highest BCUT2D eigenvalue weighted by Gasteiger charge is 2.20.